The largest absolute Gasteiger partial charge is 0.459 e. The van der Waals surface area contributed by atoms with Crippen molar-refractivity contribution in [3.8, 4) is 0 Å². The fourth-order valence-corrected chi connectivity index (χ4v) is 3.91. The number of hydrogen-bond acceptors (Lipinski definition) is 6. The van der Waals surface area contributed by atoms with Crippen LogP contribution in [0.2, 0.25) is 0 Å². The number of sulfone groups is 1. The number of furan rings is 1. The van der Waals surface area contributed by atoms with E-state index >= 15 is 0 Å². The van der Waals surface area contributed by atoms with Gasteiger partial charge in [0.15, 0.2) is 9.84 Å². The third kappa shape index (κ3) is 3.14. The number of nitrogens with zero attached hydrogens (tertiary/aromatic N) is 2. The van der Waals surface area contributed by atoms with Crippen molar-refractivity contribution in [3.63, 3.8) is 0 Å². The van der Waals surface area contributed by atoms with Gasteiger partial charge in [-0.25, -0.2) is 18.4 Å². The molecule has 6 nitrogen and oxygen atoms in total. The number of fused-ring (bicyclic) bond motifs is 2. The van der Waals surface area contributed by atoms with Crippen molar-refractivity contribution in [3.05, 3.63) is 60.1 Å². The molecule has 0 bridgehead atoms. The van der Waals surface area contributed by atoms with Gasteiger partial charge in [-0.1, -0.05) is 18.2 Å². The van der Waals surface area contributed by atoms with Crippen LogP contribution in [0.5, 0.6) is 0 Å². The summed E-state index contributed by atoms with van der Waals surface area (Å²) in [7, 11) is -3.32. The second-order valence-electron chi connectivity index (χ2n) is 6.63. The Kier molecular flexibility index (Phi) is 4.11. The molecule has 2 heterocycles. The molecular weight excluding hydrogens is 362 g/mol. The van der Waals surface area contributed by atoms with Crippen LogP contribution in [0, 0.1) is 6.92 Å². The van der Waals surface area contributed by atoms with Gasteiger partial charge in [0, 0.05) is 22.6 Å². The number of aryl methyl sites for hydroxylation is 1. The van der Waals surface area contributed by atoms with Gasteiger partial charge in [-0.05, 0) is 38.1 Å². The molecule has 0 unspecified atom stereocenters. The van der Waals surface area contributed by atoms with Crippen molar-refractivity contribution in [1.29, 1.82) is 0 Å². The molecule has 1 N–H and O–H groups in total. The molecule has 27 heavy (non-hydrogen) atoms. The van der Waals surface area contributed by atoms with Gasteiger partial charge in [-0.15, -0.1) is 0 Å². The van der Waals surface area contributed by atoms with Crippen molar-refractivity contribution >= 4 is 37.5 Å². The van der Waals surface area contributed by atoms with Crippen molar-refractivity contribution in [2.75, 3.05) is 11.6 Å². The molecule has 2 aromatic heterocycles. The summed E-state index contributed by atoms with van der Waals surface area (Å²) >= 11 is 0. The standard InChI is InChI=1S/C20H19N3O3S/c1-12-15-6-4-5-7-18(15)26-19(12)13(2)23-20-16-10-14(27(3,24)25)8-9-17(16)21-11-22-20/h4-11,13H,1-3H3,(H,21,22,23)/t13-/m0/s1. The molecule has 0 aliphatic heterocycles. The smallest absolute Gasteiger partial charge is 0.175 e. The van der Waals surface area contributed by atoms with Crippen LogP contribution >= 0.6 is 0 Å². The fraction of sp³-hybridized carbons (Fsp3) is 0.200. The average molecular weight is 381 g/mol. The Labute approximate surface area is 157 Å². The van der Waals surface area contributed by atoms with E-state index in [1.165, 1.54) is 12.6 Å². The van der Waals surface area contributed by atoms with Crippen LogP contribution in [0.4, 0.5) is 5.82 Å². The van der Waals surface area contributed by atoms with Gasteiger partial charge in [0.1, 0.15) is 23.5 Å². The summed E-state index contributed by atoms with van der Waals surface area (Å²) in [6.45, 7) is 4.01. The molecule has 4 rings (SSSR count). The maximum Gasteiger partial charge on any atom is 0.175 e. The fourth-order valence-electron chi connectivity index (χ4n) is 3.26. The predicted octanol–water partition coefficient (Wildman–Crippen LogP) is 4.26. The maximum absolute atomic E-state index is 11.9. The number of anilines is 1. The van der Waals surface area contributed by atoms with Crippen molar-refractivity contribution in [1.82, 2.24) is 9.97 Å². The van der Waals surface area contributed by atoms with E-state index in [1.54, 1.807) is 18.2 Å². The highest BCUT2D eigenvalue weighted by Gasteiger charge is 2.18. The first-order valence-corrected chi connectivity index (χ1v) is 10.4. The van der Waals surface area contributed by atoms with Crippen molar-refractivity contribution < 1.29 is 12.8 Å². The lowest BCUT2D eigenvalue weighted by Gasteiger charge is -2.15. The Hall–Kier alpha value is -2.93. The summed E-state index contributed by atoms with van der Waals surface area (Å²) in [6.07, 6.45) is 2.65. The van der Waals surface area contributed by atoms with E-state index < -0.39 is 9.84 Å². The Morgan fingerprint density at radius 1 is 1.07 bits per heavy atom. The molecule has 138 valence electrons. The van der Waals surface area contributed by atoms with E-state index in [0.29, 0.717) is 16.7 Å². The second-order valence-corrected chi connectivity index (χ2v) is 8.64. The molecule has 0 saturated carbocycles. The first kappa shape index (κ1) is 17.5. The predicted molar refractivity (Wildman–Crippen MR) is 106 cm³/mol. The molecule has 2 aromatic carbocycles. The van der Waals surface area contributed by atoms with Gasteiger partial charge in [0.2, 0.25) is 0 Å². The molecule has 7 heteroatoms. The molecule has 0 aliphatic rings. The molecule has 0 amide bonds. The molecule has 0 aliphatic carbocycles. The van der Waals surface area contributed by atoms with Crippen molar-refractivity contribution in [2.24, 2.45) is 0 Å². The van der Waals surface area contributed by atoms with Crippen LogP contribution in [-0.4, -0.2) is 24.6 Å². The van der Waals surface area contributed by atoms with Gasteiger partial charge < -0.3 is 9.73 Å². The number of hydrogen-bond donors (Lipinski definition) is 1. The lowest BCUT2D eigenvalue weighted by atomic mass is 10.1. The minimum absolute atomic E-state index is 0.155. The second kappa shape index (κ2) is 6.35. The van der Waals surface area contributed by atoms with E-state index in [0.717, 1.165) is 22.3 Å². The van der Waals surface area contributed by atoms with E-state index in [1.807, 2.05) is 38.1 Å². The van der Waals surface area contributed by atoms with E-state index in [4.69, 9.17) is 4.42 Å². The Balaban J connectivity index is 1.77. The number of rotatable bonds is 4. The van der Waals surface area contributed by atoms with Crippen LogP contribution in [0.15, 0.2) is 58.1 Å². The van der Waals surface area contributed by atoms with Gasteiger partial charge in [-0.3, -0.25) is 0 Å². The summed E-state index contributed by atoms with van der Waals surface area (Å²) in [6, 6.07) is 12.6. The first-order chi connectivity index (χ1) is 12.8. The van der Waals surface area contributed by atoms with E-state index in [9.17, 15) is 8.42 Å². The Morgan fingerprint density at radius 2 is 1.85 bits per heavy atom. The van der Waals surface area contributed by atoms with E-state index in [-0.39, 0.29) is 10.9 Å². The van der Waals surface area contributed by atoms with Gasteiger partial charge in [0.25, 0.3) is 0 Å². The van der Waals surface area contributed by atoms with Gasteiger partial charge in [0.05, 0.1) is 16.5 Å². The average Bonchev–Trinajstić information content (AvgIpc) is 2.98. The van der Waals surface area contributed by atoms with Crippen LogP contribution in [0.3, 0.4) is 0 Å². The zero-order chi connectivity index (χ0) is 19.2. The topological polar surface area (TPSA) is 85.1 Å². The SMILES string of the molecule is Cc1c([C@H](C)Nc2ncnc3ccc(S(C)(=O)=O)cc23)oc2ccccc12. The normalized spacial score (nSPS) is 13.1. The number of aromatic nitrogens is 2. The molecular formula is C20H19N3O3S. The van der Waals surface area contributed by atoms with Crippen LogP contribution < -0.4 is 5.32 Å². The third-order valence-electron chi connectivity index (χ3n) is 4.66. The molecule has 0 fully saturated rings. The van der Waals surface area contributed by atoms with Gasteiger partial charge >= 0.3 is 0 Å². The highest BCUT2D eigenvalue weighted by Crippen LogP contribution is 2.32. The summed E-state index contributed by atoms with van der Waals surface area (Å²) in [4.78, 5) is 8.78. The third-order valence-corrected chi connectivity index (χ3v) is 5.77. The Morgan fingerprint density at radius 3 is 2.59 bits per heavy atom. The zero-order valence-corrected chi connectivity index (χ0v) is 16.0. The quantitative estimate of drug-likeness (QED) is 0.568. The minimum atomic E-state index is -3.32. The first-order valence-electron chi connectivity index (χ1n) is 8.54. The summed E-state index contributed by atoms with van der Waals surface area (Å²) in [5.74, 6) is 1.39. The summed E-state index contributed by atoms with van der Waals surface area (Å²) < 4.78 is 29.8. The maximum atomic E-state index is 11.9. The van der Waals surface area contributed by atoms with E-state index in [2.05, 4.69) is 15.3 Å². The zero-order valence-electron chi connectivity index (χ0n) is 15.2. The molecule has 4 aromatic rings. The highest BCUT2D eigenvalue weighted by atomic mass is 32.2. The summed E-state index contributed by atoms with van der Waals surface area (Å²) in [5.41, 5.74) is 2.58. The molecule has 0 radical (unpaired) electrons. The lowest BCUT2D eigenvalue weighted by molar-refractivity contribution is 0.522. The number of para-hydroxylation sites is 1. The van der Waals surface area contributed by atoms with Crippen LogP contribution in [0.1, 0.15) is 24.3 Å². The lowest BCUT2D eigenvalue weighted by Crippen LogP contribution is -2.09. The van der Waals surface area contributed by atoms with Gasteiger partial charge in [-0.2, -0.15) is 0 Å². The van der Waals surface area contributed by atoms with Crippen LogP contribution in [0.25, 0.3) is 21.9 Å². The molecule has 0 saturated heterocycles. The summed E-state index contributed by atoms with van der Waals surface area (Å²) in [5, 5.41) is 5.07. The number of benzene rings is 2. The highest BCUT2D eigenvalue weighted by molar-refractivity contribution is 7.90. The molecule has 0 spiro atoms. The monoisotopic (exact) mass is 381 g/mol. The minimum Gasteiger partial charge on any atom is -0.459 e. The molecule has 1 atom stereocenters. The Bertz CT molecular complexity index is 1260. The van der Waals surface area contributed by atoms with Crippen LogP contribution in [-0.2, 0) is 9.84 Å². The number of nitrogens with one attached hydrogen (secondary N) is 1. The van der Waals surface area contributed by atoms with Crippen molar-refractivity contribution in [2.45, 2.75) is 24.8 Å².